The van der Waals surface area contributed by atoms with Gasteiger partial charge in [-0.15, -0.1) is 0 Å². The van der Waals surface area contributed by atoms with Crippen LogP contribution in [0.4, 0.5) is 4.39 Å². The SMILES string of the molecule is Cc1cccc(F)c1C#CCCN=[N+]=[N-]. The Balaban J connectivity index is 2.75. The van der Waals surface area contributed by atoms with E-state index in [-0.39, 0.29) is 5.82 Å². The predicted octanol–water partition coefficient (Wildman–Crippen LogP) is 3.19. The summed E-state index contributed by atoms with van der Waals surface area (Å²) in [5, 5.41) is 3.33. The van der Waals surface area contributed by atoms with E-state index in [1.54, 1.807) is 19.1 Å². The summed E-state index contributed by atoms with van der Waals surface area (Å²) in [4.78, 5) is 2.60. The van der Waals surface area contributed by atoms with Gasteiger partial charge in [-0.25, -0.2) is 4.39 Å². The molecule has 4 heteroatoms. The second-order valence-electron chi connectivity index (χ2n) is 2.94. The molecule has 1 aromatic rings. The molecule has 76 valence electrons. The van der Waals surface area contributed by atoms with Gasteiger partial charge in [0.05, 0.1) is 5.56 Å². The van der Waals surface area contributed by atoms with Crippen LogP contribution in [0.3, 0.4) is 0 Å². The predicted molar refractivity (Wildman–Crippen MR) is 56.6 cm³/mol. The molecule has 3 nitrogen and oxygen atoms in total. The van der Waals surface area contributed by atoms with E-state index in [1.807, 2.05) is 0 Å². The summed E-state index contributed by atoms with van der Waals surface area (Å²) >= 11 is 0. The molecule has 0 amide bonds. The van der Waals surface area contributed by atoms with Crippen LogP contribution in [0.25, 0.3) is 10.4 Å². The van der Waals surface area contributed by atoms with Gasteiger partial charge < -0.3 is 0 Å². The molecular formula is C11H10FN3. The zero-order valence-corrected chi connectivity index (χ0v) is 8.37. The highest BCUT2D eigenvalue weighted by atomic mass is 19.1. The monoisotopic (exact) mass is 203 g/mol. The van der Waals surface area contributed by atoms with Crippen molar-refractivity contribution in [2.75, 3.05) is 6.54 Å². The summed E-state index contributed by atoms with van der Waals surface area (Å²) in [6.45, 7) is 2.12. The maximum Gasteiger partial charge on any atom is 0.139 e. The van der Waals surface area contributed by atoms with Crippen LogP contribution in [0.5, 0.6) is 0 Å². The van der Waals surface area contributed by atoms with E-state index in [0.717, 1.165) is 5.56 Å². The van der Waals surface area contributed by atoms with Crippen LogP contribution in [0, 0.1) is 24.6 Å². The quantitative estimate of drug-likeness (QED) is 0.233. The van der Waals surface area contributed by atoms with Crippen molar-refractivity contribution in [2.45, 2.75) is 13.3 Å². The van der Waals surface area contributed by atoms with Gasteiger partial charge in [-0.05, 0) is 24.1 Å². The Bertz CT molecular complexity index is 430. The van der Waals surface area contributed by atoms with Crippen molar-refractivity contribution in [3.8, 4) is 11.8 Å². The molecular weight excluding hydrogens is 193 g/mol. The molecule has 0 saturated carbocycles. The van der Waals surface area contributed by atoms with Crippen LogP contribution < -0.4 is 0 Å². The van der Waals surface area contributed by atoms with Gasteiger partial charge in [0.2, 0.25) is 0 Å². The average Bonchev–Trinajstić information content (AvgIpc) is 2.21. The number of hydrogen-bond donors (Lipinski definition) is 0. The number of benzene rings is 1. The highest BCUT2D eigenvalue weighted by Gasteiger charge is 2.00. The van der Waals surface area contributed by atoms with Crippen molar-refractivity contribution in [2.24, 2.45) is 5.11 Å². The molecule has 0 aliphatic heterocycles. The number of rotatable bonds is 2. The summed E-state index contributed by atoms with van der Waals surface area (Å²) in [6, 6.07) is 4.83. The van der Waals surface area contributed by atoms with Gasteiger partial charge in [0.1, 0.15) is 5.82 Å². The van der Waals surface area contributed by atoms with E-state index in [9.17, 15) is 4.39 Å². The van der Waals surface area contributed by atoms with E-state index in [4.69, 9.17) is 5.53 Å². The minimum Gasteiger partial charge on any atom is -0.206 e. The third kappa shape index (κ3) is 3.34. The van der Waals surface area contributed by atoms with E-state index in [1.165, 1.54) is 6.07 Å². The molecule has 1 aromatic carbocycles. The number of azide groups is 1. The first-order valence-corrected chi connectivity index (χ1v) is 4.50. The highest BCUT2D eigenvalue weighted by molar-refractivity contribution is 5.41. The molecule has 0 atom stereocenters. The van der Waals surface area contributed by atoms with Crippen LogP contribution in [0.15, 0.2) is 23.3 Å². The van der Waals surface area contributed by atoms with Crippen molar-refractivity contribution in [1.29, 1.82) is 0 Å². The Kier molecular flexibility index (Phi) is 4.21. The molecule has 0 saturated heterocycles. The molecule has 0 radical (unpaired) electrons. The number of halogens is 1. The first-order valence-electron chi connectivity index (χ1n) is 4.50. The van der Waals surface area contributed by atoms with E-state index in [2.05, 4.69) is 21.9 Å². The van der Waals surface area contributed by atoms with Gasteiger partial charge in [-0.3, -0.25) is 0 Å². The van der Waals surface area contributed by atoms with Gasteiger partial charge >= 0.3 is 0 Å². The molecule has 0 spiro atoms. The van der Waals surface area contributed by atoms with E-state index >= 15 is 0 Å². The molecule has 0 aliphatic carbocycles. The Morgan fingerprint density at radius 2 is 2.33 bits per heavy atom. The molecule has 0 aliphatic rings. The second-order valence-corrected chi connectivity index (χ2v) is 2.94. The van der Waals surface area contributed by atoms with Gasteiger partial charge in [0.15, 0.2) is 0 Å². The minimum atomic E-state index is -0.314. The molecule has 0 bridgehead atoms. The molecule has 0 heterocycles. The van der Waals surface area contributed by atoms with Crippen molar-refractivity contribution in [3.05, 3.63) is 45.6 Å². The van der Waals surface area contributed by atoms with Crippen LogP contribution >= 0.6 is 0 Å². The molecule has 0 N–H and O–H groups in total. The minimum absolute atomic E-state index is 0.314. The first-order chi connectivity index (χ1) is 7.25. The summed E-state index contributed by atoms with van der Waals surface area (Å²) in [5.41, 5.74) is 9.25. The normalized spacial score (nSPS) is 8.67. The Morgan fingerprint density at radius 3 is 3.00 bits per heavy atom. The Hall–Kier alpha value is -1.98. The van der Waals surface area contributed by atoms with Gasteiger partial charge in [-0.1, -0.05) is 29.1 Å². The fourth-order valence-electron chi connectivity index (χ4n) is 1.09. The zero-order valence-electron chi connectivity index (χ0n) is 8.37. The fraction of sp³-hybridized carbons (Fsp3) is 0.273. The molecule has 0 unspecified atom stereocenters. The summed E-state index contributed by atoms with van der Waals surface area (Å²) < 4.78 is 13.2. The molecule has 0 fully saturated rings. The average molecular weight is 203 g/mol. The van der Waals surface area contributed by atoms with E-state index in [0.29, 0.717) is 18.5 Å². The van der Waals surface area contributed by atoms with Crippen LogP contribution in [0.1, 0.15) is 17.5 Å². The summed E-state index contributed by atoms with van der Waals surface area (Å²) in [6.07, 6.45) is 0.442. The van der Waals surface area contributed by atoms with Gasteiger partial charge in [0, 0.05) is 17.9 Å². The maximum absolute atomic E-state index is 13.2. The van der Waals surface area contributed by atoms with Crippen LogP contribution in [-0.2, 0) is 0 Å². The fourth-order valence-corrected chi connectivity index (χ4v) is 1.09. The highest BCUT2D eigenvalue weighted by Crippen LogP contribution is 2.10. The molecule has 15 heavy (non-hydrogen) atoms. The van der Waals surface area contributed by atoms with Crippen LogP contribution in [0.2, 0.25) is 0 Å². The summed E-state index contributed by atoms with van der Waals surface area (Å²) in [7, 11) is 0. The Labute approximate surface area is 87.6 Å². The van der Waals surface area contributed by atoms with Gasteiger partial charge in [-0.2, -0.15) is 0 Å². The largest absolute Gasteiger partial charge is 0.206 e. The summed E-state index contributed by atoms with van der Waals surface area (Å²) in [5.74, 6) is 5.18. The van der Waals surface area contributed by atoms with Crippen LogP contribution in [-0.4, -0.2) is 6.54 Å². The van der Waals surface area contributed by atoms with E-state index < -0.39 is 0 Å². The third-order valence-electron chi connectivity index (χ3n) is 1.84. The number of hydrogen-bond acceptors (Lipinski definition) is 1. The van der Waals surface area contributed by atoms with Crippen molar-refractivity contribution >= 4 is 0 Å². The molecule has 1 rings (SSSR count). The topological polar surface area (TPSA) is 48.8 Å². The lowest BCUT2D eigenvalue weighted by Crippen LogP contribution is -1.87. The third-order valence-corrected chi connectivity index (χ3v) is 1.84. The smallest absolute Gasteiger partial charge is 0.139 e. The first kappa shape index (κ1) is 11.1. The molecule has 0 aromatic heterocycles. The van der Waals surface area contributed by atoms with Crippen molar-refractivity contribution in [1.82, 2.24) is 0 Å². The van der Waals surface area contributed by atoms with Gasteiger partial charge in [0.25, 0.3) is 0 Å². The second kappa shape index (κ2) is 5.69. The lowest BCUT2D eigenvalue weighted by atomic mass is 10.1. The Morgan fingerprint density at radius 1 is 1.53 bits per heavy atom. The van der Waals surface area contributed by atoms with Crippen molar-refractivity contribution < 1.29 is 4.39 Å². The van der Waals surface area contributed by atoms with Crippen molar-refractivity contribution in [3.63, 3.8) is 0 Å². The lowest BCUT2D eigenvalue weighted by molar-refractivity contribution is 0.623. The zero-order chi connectivity index (χ0) is 11.1. The standard InChI is InChI=1S/C11H10FN3/c1-9-5-4-7-11(12)10(9)6-2-3-8-14-15-13/h4-5,7H,3,8H2,1H3. The lowest BCUT2D eigenvalue weighted by Gasteiger charge is -1.97. The maximum atomic E-state index is 13.2. The number of aryl methyl sites for hydroxylation is 1. The number of nitrogens with zero attached hydrogens (tertiary/aromatic N) is 3.